The average Bonchev–Trinajstić information content (AvgIpc) is 2.69. The van der Waals surface area contributed by atoms with Crippen LogP contribution in [0.25, 0.3) is 0 Å². The number of hydrogen-bond donors (Lipinski definition) is 1. The van der Waals surface area contributed by atoms with Crippen molar-refractivity contribution in [2.75, 3.05) is 47.0 Å². The maximum Gasteiger partial charge on any atom is 0.416 e. The predicted molar refractivity (Wildman–Crippen MR) is 103 cm³/mol. The molecule has 1 saturated heterocycles. The number of carbonyl (C=O) groups excluding carboxylic acids is 1. The highest BCUT2D eigenvalue weighted by molar-refractivity contribution is 6.01. The molecule has 2 rings (SSSR count). The van der Waals surface area contributed by atoms with Gasteiger partial charge in [0, 0.05) is 38.1 Å². The van der Waals surface area contributed by atoms with Gasteiger partial charge in [0.25, 0.3) is 11.9 Å². The predicted octanol–water partition coefficient (Wildman–Crippen LogP) is 1.86. The molecule has 0 aliphatic carbocycles. The Morgan fingerprint density at radius 1 is 1.21 bits per heavy atom. The third kappa shape index (κ3) is 7.01. The Morgan fingerprint density at radius 3 is 2.38 bits per heavy atom. The van der Waals surface area contributed by atoms with Crippen LogP contribution >= 0.6 is 0 Å². The van der Waals surface area contributed by atoms with E-state index in [2.05, 4.69) is 12.0 Å². The number of rotatable bonds is 6. The van der Waals surface area contributed by atoms with E-state index < -0.39 is 17.6 Å². The summed E-state index contributed by atoms with van der Waals surface area (Å²) in [4.78, 5) is 19.9. The van der Waals surface area contributed by atoms with Crippen molar-refractivity contribution in [1.82, 2.24) is 4.90 Å². The van der Waals surface area contributed by atoms with Crippen LogP contribution < -0.4 is 4.90 Å². The van der Waals surface area contributed by atoms with Crippen molar-refractivity contribution in [3.05, 3.63) is 35.4 Å². The normalized spacial score (nSPS) is 20.4. The molecule has 0 unspecified atom stereocenters. The standard InChI is InChI=1S/C20H28F3N3O3/c1-4-28-13-14-29-19(26(3)17-9-11-25(2)12-10-17)24-18(27)15-5-7-16(8-6-15)20(21,22)23/h5-8,17H,4,9-14H2,1-3H3/p+1. The van der Waals surface area contributed by atoms with Crippen molar-refractivity contribution < 1.29 is 32.3 Å². The van der Waals surface area contributed by atoms with Gasteiger partial charge < -0.3 is 19.3 Å². The zero-order valence-corrected chi connectivity index (χ0v) is 17.1. The summed E-state index contributed by atoms with van der Waals surface area (Å²) in [5.41, 5.74) is -0.734. The minimum absolute atomic E-state index is 0.0742. The molecule has 0 radical (unpaired) electrons. The van der Waals surface area contributed by atoms with E-state index in [9.17, 15) is 18.0 Å². The van der Waals surface area contributed by atoms with Crippen molar-refractivity contribution in [2.45, 2.75) is 32.0 Å². The number of benzene rings is 1. The monoisotopic (exact) mass is 416 g/mol. The van der Waals surface area contributed by atoms with Crippen molar-refractivity contribution in [3.63, 3.8) is 0 Å². The number of amidine groups is 1. The van der Waals surface area contributed by atoms with Crippen LogP contribution in [0.2, 0.25) is 0 Å². The van der Waals surface area contributed by atoms with Gasteiger partial charge in [-0.2, -0.15) is 18.2 Å². The van der Waals surface area contributed by atoms with Gasteiger partial charge in [-0.25, -0.2) is 0 Å². The minimum Gasteiger partial charge on any atom is -0.462 e. The molecule has 1 heterocycles. The fraction of sp³-hybridized carbons (Fsp3) is 0.600. The zero-order valence-electron chi connectivity index (χ0n) is 17.1. The molecule has 9 heteroatoms. The summed E-state index contributed by atoms with van der Waals surface area (Å²) < 4.78 is 49.1. The lowest BCUT2D eigenvalue weighted by molar-refractivity contribution is -0.885. The van der Waals surface area contributed by atoms with E-state index in [0.717, 1.165) is 50.2 Å². The molecule has 0 aromatic heterocycles. The molecule has 1 N–H and O–H groups in total. The van der Waals surface area contributed by atoms with Crippen LogP contribution in [0.3, 0.4) is 0 Å². The number of piperidine rings is 1. The zero-order chi connectivity index (χ0) is 21.4. The van der Waals surface area contributed by atoms with Crippen molar-refractivity contribution in [2.24, 2.45) is 4.99 Å². The van der Waals surface area contributed by atoms with Gasteiger partial charge in [0.15, 0.2) is 0 Å². The van der Waals surface area contributed by atoms with E-state index in [1.165, 1.54) is 4.90 Å². The van der Waals surface area contributed by atoms with Crippen LogP contribution in [0.4, 0.5) is 13.2 Å². The number of hydrogen-bond acceptors (Lipinski definition) is 3. The van der Waals surface area contributed by atoms with Crippen LogP contribution in [0.15, 0.2) is 29.3 Å². The molecular formula is C20H29F3N3O3+. The van der Waals surface area contributed by atoms with E-state index in [1.54, 1.807) is 0 Å². The van der Waals surface area contributed by atoms with Crippen LogP contribution in [0.5, 0.6) is 0 Å². The molecule has 0 atom stereocenters. The number of carbonyl (C=O) groups is 1. The molecule has 1 fully saturated rings. The summed E-state index contributed by atoms with van der Waals surface area (Å²) in [5.74, 6) is -0.643. The molecule has 0 saturated carbocycles. The van der Waals surface area contributed by atoms with Gasteiger partial charge in [-0.15, -0.1) is 0 Å². The van der Waals surface area contributed by atoms with Gasteiger partial charge in [0.05, 0.1) is 32.3 Å². The highest BCUT2D eigenvalue weighted by atomic mass is 19.4. The second-order valence-corrected chi connectivity index (χ2v) is 7.12. The van der Waals surface area contributed by atoms with Crippen molar-refractivity contribution >= 4 is 11.9 Å². The lowest BCUT2D eigenvalue weighted by atomic mass is 10.0. The molecule has 0 spiro atoms. The molecule has 1 aromatic rings. The molecule has 162 valence electrons. The van der Waals surface area contributed by atoms with E-state index in [-0.39, 0.29) is 24.2 Å². The number of ether oxygens (including phenoxy) is 2. The fourth-order valence-corrected chi connectivity index (χ4v) is 3.14. The Balaban J connectivity index is 2.15. The van der Waals surface area contributed by atoms with Gasteiger partial charge >= 0.3 is 6.18 Å². The number of nitrogens with zero attached hydrogens (tertiary/aromatic N) is 2. The van der Waals surface area contributed by atoms with Crippen LogP contribution in [-0.2, 0) is 15.7 Å². The maximum atomic E-state index is 12.7. The number of nitrogens with one attached hydrogen (secondary N) is 1. The molecule has 0 bridgehead atoms. The van der Waals surface area contributed by atoms with Crippen LogP contribution in [0.1, 0.15) is 35.7 Å². The number of halogens is 3. The first-order valence-electron chi connectivity index (χ1n) is 9.77. The molecule has 6 nitrogen and oxygen atoms in total. The summed E-state index contributed by atoms with van der Waals surface area (Å²) in [6.45, 7) is 5.02. The Labute approximate surface area is 169 Å². The maximum absolute atomic E-state index is 12.7. The second-order valence-electron chi connectivity index (χ2n) is 7.12. The minimum atomic E-state index is -4.45. The number of alkyl halides is 3. The highest BCUT2D eigenvalue weighted by Gasteiger charge is 2.30. The molecule has 1 aliphatic heterocycles. The Hall–Kier alpha value is -2.13. The average molecular weight is 416 g/mol. The lowest BCUT2D eigenvalue weighted by Gasteiger charge is -2.34. The van der Waals surface area contributed by atoms with Gasteiger partial charge in [0.2, 0.25) is 0 Å². The van der Waals surface area contributed by atoms with Crippen LogP contribution in [0, 0.1) is 0 Å². The number of likely N-dealkylation sites (tertiary alicyclic amines) is 1. The first kappa shape index (κ1) is 23.2. The fourth-order valence-electron chi connectivity index (χ4n) is 3.14. The van der Waals surface area contributed by atoms with Crippen molar-refractivity contribution in [3.8, 4) is 0 Å². The SMILES string of the molecule is CCOCCOC(=NC(=O)c1ccc(C(F)(F)F)cc1)N(C)C1CC[NH+](C)CC1. The summed E-state index contributed by atoms with van der Waals surface area (Å²) in [7, 11) is 3.96. The molecule has 1 aromatic carbocycles. The summed E-state index contributed by atoms with van der Waals surface area (Å²) in [5, 5.41) is 0. The first-order chi connectivity index (χ1) is 13.7. The molecular weight excluding hydrogens is 387 g/mol. The van der Waals surface area contributed by atoms with Crippen molar-refractivity contribution in [1.29, 1.82) is 0 Å². The summed E-state index contributed by atoms with van der Waals surface area (Å²) in [6.07, 6.45) is -2.58. The van der Waals surface area contributed by atoms with Gasteiger partial charge in [-0.3, -0.25) is 4.79 Å². The first-order valence-corrected chi connectivity index (χ1v) is 9.77. The Kier molecular flexibility index (Phi) is 8.45. The van der Waals surface area contributed by atoms with Gasteiger partial charge in [0.1, 0.15) is 6.61 Å². The smallest absolute Gasteiger partial charge is 0.416 e. The number of amides is 1. The van der Waals surface area contributed by atoms with E-state index in [4.69, 9.17) is 9.47 Å². The van der Waals surface area contributed by atoms with Gasteiger partial charge in [-0.1, -0.05) is 0 Å². The Morgan fingerprint density at radius 2 is 1.83 bits per heavy atom. The number of aliphatic imine (C=N–C) groups is 1. The number of quaternary nitrogens is 1. The second kappa shape index (κ2) is 10.6. The summed E-state index contributed by atoms with van der Waals surface area (Å²) >= 11 is 0. The van der Waals surface area contributed by atoms with E-state index in [1.807, 2.05) is 18.9 Å². The third-order valence-electron chi connectivity index (χ3n) is 4.98. The third-order valence-corrected chi connectivity index (χ3v) is 4.98. The van der Waals surface area contributed by atoms with Gasteiger partial charge in [-0.05, 0) is 31.2 Å². The topological polar surface area (TPSA) is 55.6 Å². The quantitative estimate of drug-likeness (QED) is 0.437. The lowest BCUT2D eigenvalue weighted by Crippen LogP contribution is -3.10. The molecule has 29 heavy (non-hydrogen) atoms. The molecule has 1 aliphatic rings. The highest BCUT2D eigenvalue weighted by Crippen LogP contribution is 2.29. The van der Waals surface area contributed by atoms with Crippen LogP contribution in [-0.4, -0.2) is 69.9 Å². The molecule has 1 amide bonds. The Bertz CT molecular complexity index is 684. The summed E-state index contributed by atoms with van der Waals surface area (Å²) in [6, 6.07) is 4.37. The largest absolute Gasteiger partial charge is 0.462 e. The van der Waals surface area contributed by atoms with E-state index >= 15 is 0 Å². The van der Waals surface area contributed by atoms with E-state index in [0.29, 0.717) is 13.2 Å².